The molecule has 28 heavy (non-hydrogen) atoms. The number of carbonyl (C=O) groups is 1. The Morgan fingerprint density at radius 3 is 2.46 bits per heavy atom. The van der Waals surface area contributed by atoms with Crippen LogP contribution in [0.1, 0.15) is 34.3 Å². The predicted molar refractivity (Wildman–Crippen MR) is 108 cm³/mol. The van der Waals surface area contributed by atoms with Crippen LogP contribution in [0.5, 0.6) is 0 Å². The van der Waals surface area contributed by atoms with Gasteiger partial charge in [-0.05, 0) is 43.0 Å². The molecule has 0 radical (unpaired) electrons. The van der Waals surface area contributed by atoms with Crippen LogP contribution < -0.4 is 4.72 Å². The zero-order chi connectivity index (χ0) is 20.1. The van der Waals surface area contributed by atoms with E-state index in [1.807, 2.05) is 18.2 Å². The first-order valence-electron chi connectivity index (χ1n) is 9.36. The molecular weight excluding hydrogens is 376 g/mol. The van der Waals surface area contributed by atoms with Gasteiger partial charge in [-0.15, -0.1) is 0 Å². The quantitative estimate of drug-likeness (QED) is 0.752. The van der Waals surface area contributed by atoms with E-state index in [-0.39, 0.29) is 16.5 Å². The number of rotatable bonds is 6. The van der Waals surface area contributed by atoms with E-state index in [9.17, 15) is 13.2 Å². The summed E-state index contributed by atoms with van der Waals surface area (Å²) in [5, 5.41) is 0. The lowest BCUT2D eigenvalue weighted by molar-refractivity contribution is 0.0600. The minimum atomic E-state index is -3.71. The number of esters is 1. The normalized spacial score (nSPS) is 16.1. The van der Waals surface area contributed by atoms with Gasteiger partial charge in [0.05, 0.1) is 17.6 Å². The number of ether oxygens (including phenoxy) is 1. The standard InChI is InChI=1S/C21H26N2O4S/c1-16-8-9-18(21(24)27-2)14-20(16)28(25,26)22-19-10-12-23(13-11-19)15-17-6-4-3-5-7-17/h3-9,14,19,22H,10-13,15H2,1-2H3. The Bertz CT molecular complexity index is 921. The van der Waals surface area contributed by atoms with E-state index in [2.05, 4.69) is 21.8 Å². The monoisotopic (exact) mass is 402 g/mol. The molecule has 0 bridgehead atoms. The van der Waals surface area contributed by atoms with Crippen molar-refractivity contribution in [2.45, 2.75) is 37.2 Å². The van der Waals surface area contributed by atoms with E-state index in [0.717, 1.165) is 32.5 Å². The van der Waals surface area contributed by atoms with Gasteiger partial charge in [-0.2, -0.15) is 0 Å². The van der Waals surface area contributed by atoms with Gasteiger partial charge in [0.15, 0.2) is 0 Å². The lowest BCUT2D eigenvalue weighted by Gasteiger charge is -2.32. The van der Waals surface area contributed by atoms with Crippen LogP contribution in [-0.2, 0) is 21.3 Å². The Hall–Kier alpha value is -2.22. The third-order valence-corrected chi connectivity index (χ3v) is 6.72. The molecule has 1 fully saturated rings. The van der Waals surface area contributed by atoms with Crippen molar-refractivity contribution in [1.29, 1.82) is 0 Å². The largest absolute Gasteiger partial charge is 0.465 e. The van der Waals surface area contributed by atoms with Gasteiger partial charge in [0.1, 0.15) is 0 Å². The van der Waals surface area contributed by atoms with Crippen LogP contribution in [0, 0.1) is 6.92 Å². The highest BCUT2D eigenvalue weighted by Gasteiger charge is 2.26. The van der Waals surface area contributed by atoms with Crippen molar-refractivity contribution >= 4 is 16.0 Å². The summed E-state index contributed by atoms with van der Waals surface area (Å²) in [5.41, 5.74) is 2.09. The van der Waals surface area contributed by atoms with E-state index in [1.165, 1.54) is 18.7 Å². The van der Waals surface area contributed by atoms with Crippen molar-refractivity contribution in [2.24, 2.45) is 0 Å². The van der Waals surface area contributed by atoms with Crippen molar-refractivity contribution in [3.63, 3.8) is 0 Å². The molecule has 0 amide bonds. The van der Waals surface area contributed by atoms with Gasteiger partial charge in [0.25, 0.3) is 0 Å². The van der Waals surface area contributed by atoms with Gasteiger partial charge in [0, 0.05) is 25.7 Å². The van der Waals surface area contributed by atoms with Crippen LogP contribution in [-0.4, -0.2) is 45.5 Å². The number of carbonyl (C=O) groups excluding carboxylic acids is 1. The van der Waals surface area contributed by atoms with Gasteiger partial charge >= 0.3 is 5.97 Å². The molecule has 1 aliphatic heterocycles. The molecule has 0 unspecified atom stereocenters. The van der Waals surface area contributed by atoms with Crippen molar-refractivity contribution < 1.29 is 17.9 Å². The number of likely N-dealkylation sites (tertiary alicyclic amines) is 1. The summed E-state index contributed by atoms with van der Waals surface area (Å²) in [6, 6.07) is 14.7. The topological polar surface area (TPSA) is 75.7 Å². The maximum atomic E-state index is 12.9. The van der Waals surface area contributed by atoms with Crippen LogP contribution >= 0.6 is 0 Å². The molecule has 2 aromatic carbocycles. The Morgan fingerprint density at radius 2 is 1.82 bits per heavy atom. The molecule has 1 heterocycles. The maximum absolute atomic E-state index is 12.9. The SMILES string of the molecule is COC(=O)c1ccc(C)c(S(=O)(=O)NC2CCN(Cc3ccccc3)CC2)c1. The first-order valence-corrected chi connectivity index (χ1v) is 10.8. The van der Waals surface area contributed by atoms with Gasteiger partial charge in [0.2, 0.25) is 10.0 Å². The lowest BCUT2D eigenvalue weighted by Crippen LogP contribution is -2.44. The average Bonchev–Trinajstić information content (AvgIpc) is 2.69. The number of hydrogen-bond acceptors (Lipinski definition) is 5. The highest BCUT2D eigenvalue weighted by molar-refractivity contribution is 7.89. The zero-order valence-electron chi connectivity index (χ0n) is 16.2. The molecule has 6 nitrogen and oxygen atoms in total. The molecule has 1 aliphatic rings. The number of aryl methyl sites for hydroxylation is 1. The average molecular weight is 403 g/mol. The highest BCUT2D eigenvalue weighted by Crippen LogP contribution is 2.21. The second-order valence-corrected chi connectivity index (χ2v) is 8.81. The van der Waals surface area contributed by atoms with Gasteiger partial charge in [-0.1, -0.05) is 36.4 Å². The molecule has 0 aliphatic carbocycles. The summed E-state index contributed by atoms with van der Waals surface area (Å²) in [6.07, 6.45) is 1.50. The third kappa shape index (κ3) is 4.98. The molecule has 0 aromatic heterocycles. The van der Waals surface area contributed by atoms with Crippen molar-refractivity contribution in [2.75, 3.05) is 20.2 Å². The number of hydrogen-bond donors (Lipinski definition) is 1. The number of methoxy groups -OCH3 is 1. The summed E-state index contributed by atoms with van der Waals surface area (Å²) in [6.45, 7) is 4.27. The third-order valence-electron chi connectivity index (χ3n) is 5.06. The van der Waals surface area contributed by atoms with Crippen LogP contribution in [0.3, 0.4) is 0 Å². The van der Waals surface area contributed by atoms with Crippen LogP contribution in [0.4, 0.5) is 0 Å². The Balaban J connectivity index is 1.63. The minimum absolute atomic E-state index is 0.113. The van der Waals surface area contributed by atoms with Gasteiger partial charge < -0.3 is 4.74 Å². The molecule has 0 atom stereocenters. The summed E-state index contributed by atoms with van der Waals surface area (Å²) >= 11 is 0. The first kappa shape index (κ1) is 20.5. The molecule has 7 heteroatoms. The van der Waals surface area contributed by atoms with E-state index in [4.69, 9.17) is 4.74 Å². The summed E-state index contributed by atoms with van der Waals surface area (Å²) in [5.74, 6) is -0.550. The molecule has 1 N–H and O–H groups in total. The second kappa shape index (κ2) is 8.86. The van der Waals surface area contributed by atoms with Crippen molar-refractivity contribution in [3.8, 4) is 0 Å². The molecule has 0 spiro atoms. The zero-order valence-corrected chi connectivity index (χ0v) is 17.0. The Morgan fingerprint density at radius 1 is 1.14 bits per heavy atom. The molecule has 3 rings (SSSR count). The second-order valence-electron chi connectivity index (χ2n) is 7.13. The number of nitrogens with one attached hydrogen (secondary N) is 1. The molecular formula is C21H26N2O4S. The molecule has 0 saturated carbocycles. The summed E-state index contributed by atoms with van der Waals surface area (Å²) < 4.78 is 33.3. The number of piperidine rings is 1. The molecule has 2 aromatic rings. The maximum Gasteiger partial charge on any atom is 0.337 e. The fourth-order valence-corrected chi connectivity index (χ4v) is 5.04. The van der Waals surface area contributed by atoms with Crippen LogP contribution in [0.2, 0.25) is 0 Å². The summed E-state index contributed by atoms with van der Waals surface area (Å²) in [7, 11) is -2.43. The predicted octanol–water partition coefficient (Wildman–Crippen LogP) is 2.72. The number of sulfonamides is 1. The summed E-state index contributed by atoms with van der Waals surface area (Å²) in [4.78, 5) is 14.2. The molecule has 150 valence electrons. The highest BCUT2D eigenvalue weighted by atomic mass is 32.2. The minimum Gasteiger partial charge on any atom is -0.465 e. The fraction of sp³-hybridized carbons (Fsp3) is 0.381. The van der Waals surface area contributed by atoms with Crippen molar-refractivity contribution in [1.82, 2.24) is 9.62 Å². The van der Waals surface area contributed by atoms with E-state index < -0.39 is 16.0 Å². The van der Waals surface area contributed by atoms with Gasteiger partial charge in [-0.25, -0.2) is 17.9 Å². The smallest absolute Gasteiger partial charge is 0.337 e. The van der Waals surface area contributed by atoms with Crippen LogP contribution in [0.25, 0.3) is 0 Å². The van der Waals surface area contributed by atoms with E-state index >= 15 is 0 Å². The fourth-order valence-electron chi connectivity index (χ4n) is 3.47. The number of benzene rings is 2. The van der Waals surface area contributed by atoms with E-state index in [0.29, 0.717) is 5.56 Å². The first-order chi connectivity index (χ1) is 13.4. The van der Waals surface area contributed by atoms with Crippen molar-refractivity contribution in [3.05, 3.63) is 65.2 Å². The lowest BCUT2D eigenvalue weighted by atomic mass is 10.1. The van der Waals surface area contributed by atoms with Crippen LogP contribution in [0.15, 0.2) is 53.4 Å². The van der Waals surface area contributed by atoms with Gasteiger partial charge in [-0.3, -0.25) is 4.90 Å². The Labute approximate surface area is 166 Å². The molecule has 1 saturated heterocycles. The van der Waals surface area contributed by atoms with E-state index in [1.54, 1.807) is 19.1 Å². The Kier molecular flexibility index (Phi) is 6.49. The number of nitrogens with zero attached hydrogens (tertiary/aromatic N) is 1.